The molecule has 0 spiro atoms. The van der Waals surface area contributed by atoms with Crippen molar-refractivity contribution >= 4 is 23.5 Å². The maximum Gasteiger partial charge on any atom is 0.313 e. The van der Waals surface area contributed by atoms with Crippen LogP contribution in [0.2, 0.25) is 0 Å². The third-order valence-corrected chi connectivity index (χ3v) is 2.21. The Balaban J connectivity index is 3.66. The van der Waals surface area contributed by atoms with Crippen LogP contribution in [0, 0.1) is 5.41 Å². The standard InChI is InChI=1S/C8H14O3S/c1-8(2,3)6(9)4-12-5-7(10)11/h4-5H2,1-3H3,(H,10,11). The molecule has 0 saturated carbocycles. The molecule has 0 radical (unpaired) electrons. The molecule has 1 N–H and O–H groups in total. The Morgan fingerprint density at radius 2 is 1.75 bits per heavy atom. The van der Waals surface area contributed by atoms with Gasteiger partial charge in [-0.1, -0.05) is 20.8 Å². The normalized spacial score (nSPS) is 11.2. The molecule has 70 valence electrons. The van der Waals surface area contributed by atoms with Crippen LogP contribution in [0.4, 0.5) is 0 Å². The Morgan fingerprint density at radius 1 is 1.25 bits per heavy atom. The second kappa shape index (κ2) is 4.50. The van der Waals surface area contributed by atoms with Gasteiger partial charge in [-0.25, -0.2) is 0 Å². The summed E-state index contributed by atoms with van der Waals surface area (Å²) in [7, 11) is 0. The van der Waals surface area contributed by atoms with Crippen molar-refractivity contribution in [1.82, 2.24) is 0 Å². The van der Waals surface area contributed by atoms with Crippen LogP contribution < -0.4 is 0 Å². The fourth-order valence-electron chi connectivity index (χ4n) is 0.448. The van der Waals surface area contributed by atoms with Gasteiger partial charge in [0.2, 0.25) is 0 Å². The van der Waals surface area contributed by atoms with Gasteiger partial charge < -0.3 is 5.11 Å². The molecule has 4 heteroatoms. The first-order valence-electron chi connectivity index (χ1n) is 3.67. The van der Waals surface area contributed by atoms with Gasteiger partial charge in [0.1, 0.15) is 5.78 Å². The number of hydrogen-bond acceptors (Lipinski definition) is 3. The first-order chi connectivity index (χ1) is 5.34. The Kier molecular flexibility index (Phi) is 4.31. The van der Waals surface area contributed by atoms with Crippen molar-refractivity contribution in [3.8, 4) is 0 Å². The summed E-state index contributed by atoms with van der Waals surface area (Å²) >= 11 is 1.15. The predicted octanol–water partition coefficient (Wildman–Crippen LogP) is 1.42. The van der Waals surface area contributed by atoms with Gasteiger partial charge in [-0.2, -0.15) is 0 Å². The third-order valence-electron chi connectivity index (χ3n) is 1.30. The van der Waals surface area contributed by atoms with Crippen LogP contribution in [-0.4, -0.2) is 28.4 Å². The molecule has 0 aliphatic rings. The SMILES string of the molecule is CC(C)(C)C(=O)CSCC(=O)O. The summed E-state index contributed by atoms with van der Waals surface area (Å²) in [6, 6.07) is 0. The summed E-state index contributed by atoms with van der Waals surface area (Å²) < 4.78 is 0. The highest BCUT2D eigenvalue weighted by Gasteiger charge is 2.20. The molecule has 0 heterocycles. The second-order valence-electron chi connectivity index (χ2n) is 3.56. The van der Waals surface area contributed by atoms with E-state index in [1.165, 1.54) is 0 Å². The molecular weight excluding hydrogens is 176 g/mol. The van der Waals surface area contributed by atoms with E-state index in [0.29, 0.717) is 0 Å². The van der Waals surface area contributed by atoms with Gasteiger partial charge in [-0.05, 0) is 0 Å². The maximum absolute atomic E-state index is 11.2. The lowest BCUT2D eigenvalue weighted by atomic mass is 9.92. The van der Waals surface area contributed by atoms with E-state index in [2.05, 4.69) is 0 Å². The van der Waals surface area contributed by atoms with Gasteiger partial charge in [0.25, 0.3) is 0 Å². The molecule has 0 saturated heterocycles. The Labute approximate surface area is 76.5 Å². The van der Waals surface area contributed by atoms with E-state index < -0.39 is 5.97 Å². The van der Waals surface area contributed by atoms with Crippen LogP contribution in [0.3, 0.4) is 0 Å². The minimum absolute atomic E-state index is 0.00181. The molecular formula is C8H14O3S. The van der Waals surface area contributed by atoms with E-state index in [1.807, 2.05) is 20.8 Å². The van der Waals surface area contributed by atoms with Gasteiger partial charge in [-0.3, -0.25) is 9.59 Å². The van der Waals surface area contributed by atoms with Crippen molar-refractivity contribution in [2.45, 2.75) is 20.8 Å². The first kappa shape index (κ1) is 11.5. The second-order valence-corrected chi connectivity index (χ2v) is 4.55. The van der Waals surface area contributed by atoms with Crippen molar-refractivity contribution in [1.29, 1.82) is 0 Å². The molecule has 0 amide bonds. The molecule has 0 aromatic carbocycles. The fourth-order valence-corrected chi connectivity index (χ4v) is 1.34. The number of ketones is 1. The molecule has 0 aliphatic carbocycles. The molecule has 0 rings (SSSR count). The number of carbonyl (C=O) groups excluding carboxylic acids is 1. The lowest BCUT2D eigenvalue weighted by Gasteiger charge is -2.15. The Bertz CT molecular complexity index is 181. The van der Waals surface area contributed by atoms with Crippen LogP contribution in [0.1, 0.15) is 20.8 Å². The van der Waals surface area contributed by atoms with E-state index in [0.717, 1.165) is 11.8 Å². The summed E-state index contributed by atoms with van der Waals surface area (Å²) in [4.78, 5) is 21.3. The number of Topliss-reactive ketones (excluding diaryl/α,β-unsaturated/α-hetero) is 1. The minimum Gasteiger partial charge on any atom is -0.481 e. The van der Waals surface area contributed by atoms with Crippen molar-refractivity contribution in [2.75, 3.05) is 11.5 Å². The Hall–Kier alpha value is -0.510. The molecule has 0 atom stereocenters. The molecule has 0 bridgehead atoms. The van der Waals surface area contributed by atoms with Gasteiger partial charge in [0.15, 0.2) is 0 Å². The number of rotatable bonds is 4. The minimum atomic E-state index is -0.873. The number of hydrogen-bond donors (Lipinski definition) is 1. The van der Waals surface area contributed by atoms with Crippen LogP contribution in [-0.2, 0) is 9.59 Å². The van der Waals surface area contributed by atoms with E-state index >= 15 is 0 Å². The zero-order valence-electron chi connectivity index (χ0n) is 7.59. The topological polar surface area (TPSA) is 54.4 Å². The molecule has 0 aromatic rings. The lowest BCUT2D eigenvalue weighted by Crippen LogP contribution is -2.22. The Morgan fingerprint density at radius 3 is 2.08 bits per heavy atom. The quantitative estimate of drug-likeness (QED) is 0.728. The monoisotopic (exact) mass is 190 g/mol. The molecule has 0 aromatic heterocycles. The third kappa shape index (κ3) is 5.18. The number of aliphatic carboxylic acids is 1. The average Bonchev–Trinajstić information content (AvgIpc) is 1.84. The maximum atomic E-state index is 11.2. The molecule has 0 fully saturated rings. The summed E-state index contributed by atoms with van der Waals surface area (Å²) in [5.74, 6) is -0.493. The van der Waals surface area contributed by atoms with Gasteiger partial charge in [-0.15, -0.1) is 11.8 Å². The average molecular weight is 190 g/mol. The smallest absolute Gasteiger partial charge is 0.313 e. The highest BCUT2D eigenvalue weighted by Crippen LogP contribution is 2.17. The van der Waals surface area contributed by atoms with Gasteiger partial charge >= 0.3 is 5.97 Å². The van der Waals surface area contributed by atoms with Crippen LogP contribution >= 0.6 is 11.8 Å². The van der Waals surface area contributed by atoms with Gasteiger partial charge in [0.05, 0.1) is 11.5 Å². The van der Waals surface area contributed by atoms with E-state index in [4.69, 9.17) is 5.11 Å². The molecule has 0 aliphatic heterocycles. The molecule has 3 nitrogen and oxygen atoms in total. The lowest BCUT2D eigenvalue weighted by molar-refractivity contribution is -0.133. The first-order valence-corrected chi connectivity index (χ1v) is 4.82. The van der Waals surface area contributed by atoms with E-state index in [-0.39, 0.29) is 22.7 Å². The number of carbonyl (C=O) groups is 2. The van der Waals surface area contributed by atoms with Crippen molar-refractivity contribution in [3.63, 3.8) is 0 Å². The zero-order valence-corrected chi connectivity index (χ0v) is 8.40. The van der Waals surface area contributed by atoms with E-state index in [9.17, 15) is 9.59 Å². The largest absolute Gasteiger partial charge is 0.481 e. The highest BCUT2D eigenvalue weighted by molar-refractivity contribution is 8.00. The van der Waals surface area contributed by atoms with Crippen molar-refractivity contribution < 1.29 is 14.7 Å². The summed E-state index contributed by atoms with van der Waals surface area (Å²) in [6.45, 7) is 5.49. The molecule has 12 heavy (non-hydrogen) atoms. The summed E-state index contributed by atoms with van der Waals surface area (Å²) in [5.41, 5.74) is -0.356. The van der Waals surface area contributed by atoms with Crippen molar-refractivity contribution in [2.24, 2.45) is 5.41 Å². The van der Waals surface area contributed by atoms with Crippen LogP contribution in [0.15, 0.2) is 0 Å². The fraction of sp³-hybridized carbons (Fsp3) is 0.750. The van der Waals surface area contributed by atoms with Crippen LogP contribution in [0.5, 0.6) is 0 Å². The number of thioether (sulfide) groups is 1. The zero-order chi connectivity index (χ0) is 9.78. The van der Waals surface area contributed by atoms with E-state index in [1.54, 1.807) is 0 Å². The predicted molar refractivity (Wildman–Crippen MR) is 49.4 cm³/mol. The highest BCUT2D eigenvalue weighted by atomic mass is 32.2. The number of carboxylic acids is 1. The summed E-state index contributed by atoms with van der Waals surface area (Å²) in [6.07, 6.45) is 0. The van der Waals surface area contributed by atoms with Crippen molar-refractivity contribution in [3.05, 3.63) is 0 Å². The number of carboxylic acid groups (broad SMARTS) is 1. The van der Waals surface area contributed by atoms with Gasteiger partial charge in [0, 0.05) is 5.41 Å². The molecule has 0 unspecified atom stereocenters. The summed E-state index contributed by atoms with van der Waals surface area (Å²) in [5, 5.41) is 8.30. The van der Waals surface area contributed by atoms with Crippen LogP contribution in [0.25, 0.3) is 0 Å².